The molecule has 818 valence electrons. The normalized spacial score (nSPS) is 17.8. The number of epoxide rings is 1. The molecule has 0 saturated carbocycles. The molecule has 42 heteroatoms. The number of methoxy groups -OCH3 is 2. The van der Waals surface area contributed by atoms with Crippen molar-refractivity contribution in [3.63, 3.8) is 0 Å². The van der Waals surface area contributed by atoms with Gasteiger partial charge in [0, 0.05) is 51.4 Å². The fourth-order valence-electron chi connectivity index (χ4n) is 13.3. The van der Waals surface area contributed by atoms with Gasteiger partial charge in [0.05, 0.1) is 340 Å². The fraction of sp³-hybridized carbons (Fsp3) is 0.790. The summed E-state index contributed by atoms with van der Waals surface area (Å²) in [6.07, 6.45) is 3.21. The van der Waals surface area contributed by atoms with E-state index in [9.17, 15) is 33.6 Å². The summed E-state index contributed by atoms with van der Waals surface area (Å²) in [7, 11) is 3.13. The standard InChI is InChI=1S/C100H172ClN7O34/c1-77(2)91(102)96(113)107-84(94(111)104-76-80-18-21-82(22-19-80)93-92(142-93)78(3)87-16-14-17-90(110)106-85(74-81-20-23-88(117-11)83(101)73-81)95(112)105-79(4)100(8,9)98(115)108-86(97(114)141-87)75-99(5,6)7)15-12-13-25-103-89(109)24-26-118-29-30-120-33-34-122-37-38-124-41-42-126-45-46-128-49-50-130-53-54-132-57-58-134-61-62-136-65-66-138-69-70-140-72-71-139-68-67-137-64-63-135-60-59-133-56-55-131-52-51-129-48-47-127-44-43-125-40-39-123-36-35-121-32-31-119-28-27-116-10/h14,17-23,73,77-79,84-87,91-93H,12-13,15-16,24-72,74-76,102H2,1-11H3,(H,103,109)(H,104,111)(H,105,112)(H,106,110)(H,107,113)(H,108,115)/b17-14+/t78-,79-,84-,85+,86-,87-,91-,92+,93+/m0/s1. The molecule has 0 aliphatic carbocycles. The second-order valence-electron chi connectivity index (χ2n) is 35.4. The van der Waals surface area contributed by atoms with E-state index in [1.807, 2.05) is 65.8 Å². The van der Waals surface area contributed by atoms with E-state index in [2.05, 4.69) is 31.9 Å². The van der Waals surface area contributed by atoms with Crippen LogP contribution >= 0.6 is 11.6 Å². The Morgan fingerprint density at radius 2 is 0.852 bits per heavy atom. The third kappa shape index (κ3) is 65.3. The van der Waals surface area contributed by atoms with E-state index in [4.69, 9.17) is 145 Å². The Kier molecular flexibility index (Phi) is 75.1. The predicted molar refractivity (Wildman–Crippen MR) is 527 cm³/mol. The summed E-state index contributed by atoms with van der Waals surface area (Å²) in [5.74, 6) is -3.38. The van der Waals surface area contributed by atoms with Gasteiger partial charge in [0.1, 0.15) is 36.1 Å². The molecule has 2 heterocycles. The number of esters is 1. The molecule has 8 N–H and O–H groups in total. The SMILES string of the molecule is COCCOCCOCCOCCOCCOCCOCCOCCOCCOCCOCCOCCOCCOCCOCCOCCOCCOCCOCCOCCOCCOCCOCCOCCC(=O)NCCCC[C@H](NC(=O)[C@@H](N)C(C)C)C(=O)NCc1ccc([C@H]2O[C@@H]2[C@@H](C)[C@@H]2C/C=C/C(=O)N[C@H](Cc3ccc(OC)c(Cl)c3)C(=O)N[C@@H](C)C(C)(C)C(=O)N[C@@H](CC(C)(C)C)C(=O)O2)cc1. The summed E-state index contributed by atoms with van der Waals surface area (Å²) >= 11 is 6.45. The first-order chi connectivity index (χ1) is 68.8. The molecule has 0 unspecified atom stereocenters. The molecule has 0 bridgehead atoms. The largest absolute Gasteiger partial charge is 0.495 e. The number of halogens is 1. The second-order valence-corrected chi connectivity index (χ2v) is 35.8. The van der Waals surface area contributed by atoms with Gasteiger partial charge in [-0.05, 0) is 92.7 Å². The number of nitrogens with two attached hydrogens (primary N) is 1. The van der Waals surface area contributed by atoms with Gasteiger partial charge in [-0.25, -0.2) is 4.79 Å². The molecule has 1 saturated heterocycles. The van der Waals surface area contributed by atoms with Crippen LogP contribution in [-0.4, -0.2) is 415 Å². The van der Waals surface area contributed by atoms with E-state index in [0.29, 0.717) is 346 Å². The summed E-state index contributed by atoms with van der Waals surface area (Å²) in [4.78, 5) is 95.9. The topological polar surface area (TPSA) is 470 Å². The fourth-order valence-corrected chi connectivity index (χ4v) is 13.6. The molecule has 6 amide bonds. The third-order valence-electron chi connectivity index (χ3n) is 22.0. The lowest BCUT2D eigenvalue weighted by Crippen LogP contribution is -2.58. The molecular formula is C100H172ClN7O34. The van der Waals surface area contributed by atoms with Crippen molar-refractivity contribution in [3.05, 3.63) is 76.3 Å². The van der Waals surface area contributed by atoms with E-state index in [1.54, 1.807) is 52.2 Å². The number of benzene rings is 2. The summed E-state index contributed by atoms with van der Waals surface area (Å²) in [6.45, 7) is 38.5. The van der Waals surface area contributed by atoms with Crippen LogP contribution in [-0.2, 0) is 170 Å². The van der Waals surface area contributed by atoms with Crippen molar-refractivity contribution in [2.45, 2.75) is 162 Å². The first-order valence-electron chi connectivity index (χ1n) is 50.1. The monoisotopic (exact) mass is 2050 g/mol. The Hall–Kier alpha value is -6.48. The highest BCUT2D eigenvalue weighted by Crippen LogP contribution is 2.45. The molecule has 4 rings (SSSR count). The van der Waals surface area contributed by atoms with Gasteiger partial charge in [-0.1, -0.05) is 89.6 Å². The van der Waals surface area contributed by atoms with Crippen LogP contribution in [0.3, 0.4) is 0 Å². The van der Waals surface area contributed by atoms with Crippen LogP contribution in [0.4, 0.5) is 0 Å². The van der Waals surface area contributed by atoms with E-state index >= 15 is 0 Å². The molecule has 41 nitrogen and oxygen atoms in total. The molecule has 9 atom stereocenters. The van der Waals surface area contributed by atoms with Crippen molar-refractivity contribution in [3.8, 4) is 5.75 Å². The van der Waals surface area contributed by atoms with E-state index in [-0.39, 0.29) is 56.8 Å². The zero-order chi connectivity index (χ0) is 103. The Bertz CT molecular complexity index is 3570. The maximum atomic E-state index is 14.4. The highest BCUT2D eigenvalue weighted by atomic mass is 35.5. The second kappa shape index (κ2) is 83.5. The number of rotatable bonds is 90. The van der Waals surface area contributed by atoms with Gasteiger partial charge in [0.2, 0.25) is 35.4 Å². The van der Waals surface area contributed by atoms with E-state index in [0.717, 1.165) is 11.1 Å². The molecular weight excluding hydrogens is 1880 g/mol. The molecule has 0 aromatic heterocycles. The van der Waals surface area contributed by atoms with E-state index in [1.165, 1.54) is 13.2 Å². The lowest BCUT2D eigenvalue weighted by atomic mass is 9.82. The molecule has 0 spiro atoms. The van der Waals surface area contributed by atoms with Gasteiger partial charge in [0.25, 0.3) is 0 Å². The van der Waals surface area contributed by atoms with Gasteiger partial charge in [0.15, 0.2) is 0 Å². The predicted octanol–water partition coefficient (Wildman–Crippen LogP) is 5.26. The quantitative estimate of drug-likeness (QED) is 0.0252. The minimum atomic E-state index is -1.23. The lowest BCUT2D eigenvalue weighted by Gasteiger charge is -2.35. The average Bonchev–Trinajstić information content (AvgIpc) is 1.62. The highest BCUT2D eigenvalue weighted by Gasteiger charge is 2.48. The minimum Gasteiger partial charge on any atom is -0.495 e. The zero-order valence-electron chi connectivity index (χ0n) is 86.4. The number of hydrogen-bond donors (Lipinski definition) is 7. The third-order valence-corrected chi connectivity index (χ3v) is 22.3. The van der Waals surface area contributed by atoms with Crippen molar-refractivity contribution < 1.29 is 161 Å². The molecule has 2 aromatic carbocycles. The number of nitrogens with one attached hydrogen (secondary N) is 6. The number of ether oxygens (including phenoxy) is 27. The summed E-state index contributed by atoms with van der Waals surface area (Å²) in [6, 6.07) is 8.02. The number of cyclic esters (lactones) is 1. The van der Waals surface area contributed by atoms with Gasteiger partial charge in [-0.15, -0.1) is 0 Å². The number of carbonyl (C=O) groups excluding carboxylic acids is 7. The van der Waals surface area contributed by atoms with Crippen LogP contribution in [0.1, 0.15) is 124 Å². The number of amides is 6. The summed E-state index contributed by atoms with van der Waals surface area (Å²) in [5.41, 5.74) is 6.82. The van der Waals surface area contributed by atoms with Crippen LogP contribution in [0.5, 0.6) is 5.75 Å². The molecule has 2 aliphatic heterocycles. The van der Waals surface area contributed by atoms with Gasteiger partial charge in [-0.2, -0.15) is 0 Å². The molecule has 142 heavy (non-hydrogen) atoms. The molecule has 2 aromatic rings. The first-order valence-corrected chi connectivity index (χ1v) is 50.5. The Morgan fingerprint density at radius 1 is 0.479 bits per heavy atom. The lowest BCUT2D eigenvalue weighted by molar-refractivity contribution is -0.157. The van der Waals surface area contributed by atoms with Crippen molar-refractivity contribution in [2.24, 2.45) is 28.4 Å². The Morgan fingerprint density at radius 3 is 1.21 bits per heavy atom. The van der Waals surface area contributed by atoms with Gasteiger partial charge >= 0.3 is 5.97 Å². The van der Waals surface area contributed by atoms with Crippen molar-refractivity contribution in [1.29, 1.82) is 0 Å². The number of hydrogen-bond acceptors (Lipinski definition) is 35. The average molecular weight is 2050 g/mol. The number of carbonyl (C=O) groups is 7. The van der Waals surface area contributed by atoms with Gasteiger partial charge in [-0.3, -0.25) is 28.8 Å². The Balaban J connectivity index is 0.885. The van der Waals surface area contributed by atoms with Crippen molar-refractivity contribution in [2.75, 3.05) is 331 Å². The Labute approximate surface area is 846 Å². The van der Waals surface area contributed by atoms with Crippen LogP contribution < -0.4 is 42.4 Å². The van der Waals surface area contributed by atoms with Crippen LogP contribution in [0.15, 0.2) is 54.6 Å². The summed E-state index contributed by atoms with van der Waals surface area (Å²) in [5, 5.41) is 17.7. The highest BCUT2D eigenvalue weighted by molar-refractivity contribution is 6.32. The molecule has 1 fully saturated rings. The minimum absolute atomic E-state index is 0.0723. The molecule has 2 aliphatic rings. The molecule has 0 radical (unpaired) electrons. The van der Waals surface area contributed by atoms with Gasteiger partial charge < -0.3 is 166 Å². The zero-order valence-corrected chi connectivity index (χ0v) is 87.2. The van der Waals surface area contributed by atoms with Crippen LogP contribution in [0, 0.1) is 22.7 Å². The maximum absolute atomic E-state index is 14.4. The maximum Gasteiger partial charge on any atom is 0.328 e. The smallest absolute Gasteiger partial charge is 0.328 e. The van der Waals surface area contributed by atoms with E-state index < -0.39 is 94.7 Å². The van der Waals surface area contributed by atoms with Crippen molar-refractivity contribution >= 4 is 53.0 Å². The first kappa shape index (κ1) is 128. The number of unbranched alkanes of at least 4 members (excludes halogenated alkanes) is 1. The summed E-state index contributed by atoms with van der Waals surface area (Å²) < 4.78 is 150. The van der Waals surface area contributed by atoms with Crippen LogP contribution in [0.2, 0.25) is 5.02 Å². The van der Waals surface area contributed by atoms with Crippen molar-refractivity contribution in [1.82, 2.24) is 31.9 Å². The van der Waals surface area contributed by atoms with Crippen LogP contribution in [0.25, 0.3) is 0 Å².